The lowest BCUT2D eigenvalue weighted by molar-refractivity contribution is -0.0774. The van der Waals surface area contributed by atoms with Gasteiger partial charge in [0.25, 0.3) is 0 Å². The van der Waals surface area contributed by atoms with Gasteiger partial charge in [-0.25, -0.2) is 0 Å². The molecule has 282 valence electrons. The fourth-order valence-electron chi connectivity index (χ4n) is 6.95. The highest BCUT2D eigenvalue weighted by Gasteiger charge is 2.65. The number of terminal acetylenes is 5. The van der Waals surface area contributed by atoms with Gasteiger partial charge in [-0.15, -0.1) is 32.1 Å². The van der Waals surface area contributed by atoms with Crippen LogP contribution in [0.15, 0.2) is 0 Å². The highest BCUT2D eigenvalue weighted by atomic mass is 28.5. The van der Waals surface area contributed by atoms with E-state index in [1.165, 1.54) is 0 Å². The lowest BCUT2D eigenvalue weighted by atomic mass is 9.95. The van der Waals surface area contributed by atoms with Gasteiger partial charge >= 0.3 is 17.6 Å². The molecule has 0 rings (SSSR count). The first-order chi connectivity index (χ1) is 22.7. The summed E-state index contributed by atoms with van der Waals surface area (Å²) in [5, 5.41) is 0. The molecule has 0 saturated carbocycles. The maximum Gasteiger partial charge on any atom is 0.508 e. The summed E-state index contributed by atoms with van der Waals surface area (Å²) in [5.41, 5.74) is -5.81. The largest absolute Gasteiger partial charge is 0.508 e. The van der Waals surface area contributed by atoms with Crippen LogP contribution in [-0.4, -0.2) is 52.7 Å². The Balaban J connectivity index is 8.43. The van der Waals surface area contributed by atoms with Crippen molar-refractivity contribution in [3.05, 3.63) is 0 Å². The molecule has 0 aromatic carbocycles. The summed E-state index contributed by atoms with van der Waals surface area (Å²) in [4.78, 5) is 0. The van der Waals surface area contributed by atoms with E-state index in [4.69, 9.17) is 58.7 Å². The fourth-order valence-corrected chi connectivity index (χ4v) is 15.6. The second kappa shape index (κ2) is 19.2. The molecule has 5 unspecified atom stereocenters. The van der Waals surface area contributed by atoms with Gasteiger partial charge in [-0.2, -0.15) is 0 Å². The summed E-state index contributed by atoms with van der Waals surface area (Å²) in [6.45, 7) is 30.1. The molecular formula is C42H70O6Si2. The van der Waals surface area contributed by atoms with Crippen molar-refractivity contribution in [1.82, 2.24) is 0 Å². The van der Waals surface area contributed by atoms with E-state index < -0.39 is 45.6 Å². The first kappa shape index (κ1) is 48.0. The van der Waals surface area contributed by atoms with E-state index in [1.54, 1.807) is 7.11 Å². The van der Waals surface area contributed by atoms with E-state index in [0.717, 1.165) is 0 Å². The van der Waals surface area contributed by atoms with Gasteiger partial charge in [0.15, 0.2) is 0 Å². The Hall–Kier alpha value is -2.01. The van der Waals surface area contributed by atoms with Crippen molar-refractivity contribution in [3.63, 3.8) is 0 Å². The van der Waals surface area contributed by atoms with Gasteiger partial charge < -0.3 is 26.6 Å². The summed E-state index contributed by atoms with van der Waals surface area (Å²) < 4.78 is 42.3. The molecule has 0 aromatic rings. The summed E-state index contributed by atoms with van der Waals surface area (Å²) in [5.74, 6) is 15.3. The maximum absolute atomic E-state index is 7.22. The lowest BCUT2D eigenvalue weighted by Crippen LogP contribution is -2.67. The van der Waals surface area contributed by atoms with Crippen LogP contribution in [0.1, 0.15) is 136 Å². The second-order valence-electron chi connectivity index (χ2n) is 17.1. The standard InChI is InChI=1S/C42H70O6Si2/c1-22-38(16,27-33(6)7)44-49(43-21,45-39(17,23-2)28-34(8)9)32-50(46-40(18,24-3)29-35(10)11,47-41(19,25-4)30-36(12)13)48-42(20,26-5)31-37(14)15/h1-5,33-37H,27-32H2,6-21H3. The molecule has 0 fully saturated rings. The first-order valence-electron chi connectivity index (χ1n) is 18.1. The number of rotatable bonds is 23. The molecule has 0 radical (unpaired) electrons. The average Bonchev–Trinajstić information content (AvgIpc) is 2.94. The first-order valence-corrected chi connectivity index (χ1v) is 22.0. The van der Waals surface area contributed by atoms with E-state index >= 15 is 0 Å². The fraction of sp³-hybridized carbons (Fsp3) is 0.762. The monoisotopic (exact) mass is 726 g/mol. The number of hydrogen-bond acceptors (Lipinski definition) is 6. The molecule has 6 nitrogen and oxygen atoms in total. The van der Waals surface area contributed by atoms with E-state index in [9.17, 15) is 0 Å². The van der Waals surface area contributed by atoms with Crippen LogP contribution in [0.25, 0.3) is 0 Å². The van der Waals surface area contributed by atoms with Crippen molar-refractivity contribution in [3.8, 4) is 61.7 Å². The molecule has 0 aliphatic heterocycles. The molecule has 0 aliphatic rings. The minimum absolute atomic E-state index is 0.110. The highest BCUT2D eigenvalue weighted by Crippen LogP contribution is 2.43. The average molecular weight is 727 g/mol. The molecule has 0 N–H and O–H groups in total. The zero-order valence-corrected chi connectivity index (χ0v) is 36.5. The molecular weight excluding hydrogens is 657 g/mol. The Bertz CT molecular complexity index is 1160. The summed E-state index contributed by atoms with van der Waals surface area (Å²) in [7, 11) is -6.87. The van der Waals surface area contributed by atoms with Crippen molar-refractivity contribution in [2.75, 3.05) is 7.11 Å². The molecule has 0 bridgehead atoms. The van der Waals surface area contributed by atoms with Crippen LogP contribution < -0.4 is 0 Å². The lowest BCUT2D eigenvalue weighted by Gasteiger charge is -2.48. The van der Waals surface area contributed by atoms with Crippen LogP contribution in [0.4, 0.5) is 0 Å². The predicted molar refractivity (Wildman–Crippen MR) is 212 cm³/mol. The molecule has 0 heterocycles. The quantitative estimate of drug-likeness (QED) is 0.0773. The van der Waals surface area contributed by atoms with Gasteiger partial charge in [-0.1, -0.05) is 98.8 Å². The van der Waals surface area contributed by atoms with Crippen molar-refractivity contribution < 1.29 is 26.6 Å². The van der Waals surface area contributed by atoms with E-state index in [0.29, 0.717) is 32.1 Å². The van der Waals surface area contributed by atoms with Crippen molar-refractivity contribution in [2.45, 2.75) is 170 Å². The van der Waals surface area contributed by atoms with Crippen LogP contribution in [0.3, 0.4) is 0 Å². The van der Waals surface area contributed by atoms with E-state index in [2.05, 4.69) is 98.8 Å². The third-order valence-corrected chi connectivity index (χ3v) is 16.1. The zero-order chi connectivity index (χ0) is 39.4. The molecule has 0 spiro atoms. The minimum Gasteiger partial charge on any atom is -0.377 e. The second-order valence-corrected chi connectivity index (χ2v) is 22.7. The topological polar surface area (TPSA) is 55.4 Å². The van der Waals surface area contributed by atoms with Crippen molar-refractivity contribution in [2.24, 2.45) is 29.6 Å². The molecule has 50 heavy (non-hydrogen) atoms. The van der Waals surface area contributed by atoms with Crippen LogP contribution in [-0.2, 0) is 26.6 Å². The highest BCUT2D eigenvalue weighted by molar-refractivity contribution is 6.80. The van der Waals surface area contributed by atoms with Crippen LogP contribution >= 0.6 is 0 Å². The van der Waals surface area contributed by atoms with Gasteiger partial charge in [0, 0.05) is 7.11 Å². The maximum atomic E-state index is 7.22. The minimum atomic E-state index is -4.30. The predicted octanol–water partition coefficient (Wildman–Crippen LogP) is 9.32. The Morgan fingerprint density at radius 2 is 0.580 bits per heavy atom. The molecule has 0 aliphatic carbocycles. The van der Waals surface area contributed by atoms with E-state index in [-0.39, 0.29) is 35.3 Å². The molecule has 0 aromatic heterocycles. The van der Waals surface area contributed by atoms with Gasteiger partial charge in [-0.05, 0) is 96.3 Å². The summed E-state index contributed by atoms with van der Waals surface area (Å²) in [6.07, 6.45) is 33.8. The van der Waals surface area contributed by atoms with Crippen LogP contribution in [0.2, 0.25) is 5.67 Å². The Labute approximate surface area is 311 Å². The van der Waals surface area contributed by atoms with Crippen LogP contribution in [0, 0.1) is 91.3 Å². The normalized spacial score (nSPS) is 20.5. The van der Waals surface area contributed by atoms with Gasteiger partial charge in [0.1, 0.15) is 28.0 Å². The van der Waals surface area contributed by atoms with Gasteiger partial charge in [0.2, 0.25) is 0 Å². The summed E-state index contributed by atoms with van der Waals surface area (Å²) >= 11 is 0. The Morgan fingerprint density at radius 3 is 0.720 bits per heavy atom. The molecule has 0 saturated heterocycles. The van der Waals surface area contributed by atoms with Crippen molar-refractivity contribution >= 4 is 17.6 Å². The van der Waals surface area contributed by atoms with Crippen LogP contribution in [0.5, 0.6) is 0 Å². The van der Waals surface area contributed by atoms with Gasteiger partial charge in [-0.3, -0.25) is 0 Å². The van der Waals surface area contributed by atoms with Gasteiger partial charge in [0.05, 0.1) is 5.67 Å². The van der Waals surface area contributed by atoms with E-state index in [1.807, 2.05) is 34.6 Å². The third-order valence-electron chi connectivity index (χ3n) is 8.16. The molecule has 8 heteroatoms. The molecule has 5 atom stereocenters. The summed E-state index contributed by atoms with van der Waals surface area (Å²) in [6, 6.07) is 0. The Morgan fingerprint density at radius 1 is 0.400 bits per heavy atom. The van der Waals surface area contributed by atoms with Crippen molar-refractivity contribution in [1.29, 1.82) is 0 Å². The zero-order valence-electron chi connectivity index (χ0n) is 34.5. The third kappa shape index (κ3) is 15.7. The number of hydrogen-bond donors (Lipinski definition) is 0. The molecule has 0 amide bonds. The SMILES string of the molecule is C#CC(C)(CC(C)C)O[Si](C[Si](OC(C)(C#C)CC(C)C)(OC(C)(C#C)CC(C)C)OC(C)(C#C)CC(C)C)(OC)OC(C)(C#C)CC(C)C. The Kier molecular flexibility index (Phi) is 18.4. The smallest absolute Gasteiger partial charge is 0.377 e.